The van der Waals surface area contributed by atoms with E-state index < -0.39 is 31.1 Å². The van der Waals surface area contributed by atoms with Gasteiger partial charge in [0.15, 0.2) is 0 Å². The number of halogens is 6. The van der Waals surface area contributed by atoms with Gasteiger partial charge in [-0.2, -0.15) is 0 Å². The van der Waals surface area contributed by atoms with E-state index in [9.17, 15) is 31.1 Å². The average Bonchev–Trinajstić information content (AvgIpc) is 2.81. The van der Waals surface area contributed by atoms with Crippen LogP contribution in [0.1, 0.15) is 18.4 Å². The molecule has 2 heterocycles. The number of aromatic nitrogens is 1. The number of carboxylic acid groups (broad SMARTS) is 1. The molecule has 2 unspecified atom stereocenters. The molecule has 1 aromatic carbocycles. The number of hydrogen-bond acceptors (Lipinski definition) is 6. The lowest BCUT2D eigenvalue weighted by molar-refractivity contribution is -0.274. The first kappa shape index (κ1) is 26.4. The summed E-state index contributed by atoms with van der Waals surface area (Å²) in [5.41, 5.74) is 1.15. The van der Waals surface area contributed by atoms with Gasteiger partial charge in [0.05, 0.1) is 18.1 Å². The first-order valence-electron chi connectivity index (χ1n) is 10.6. The molecule has 2 aromatic rings. The molecule has 192 valence electrons. The molecule has 0 radical (unpaired) electrons. The Hall–Kier alpha value is -3.22. The van der Waals surface area contributed by atoms with Crippen molar-refractivity contribution in [2.75, 3.05) is 24.5 Å². The van der Waals surface area contributed by atoms with Crippen LogP contribution in [0.5, 0.6) is 11.5 Å². The molecule has 1 fully saturated rings. The molecular formula is C22H23F6N3O4. The smallest absolute Gasteiger partial charge is 0.487 e. The van der Waals surface area contributed by atoms with Gasteiger partial charge in [0.25, 0.3) is 6.43 Å². The molecule has 1 aromatic heterocycles. The van der Waals surface area contributed by atoms with Crippen molar-refractivity contribution in [3.05, 3.63) is 48.3 Å². The van der Waals surface area contributed by atoms with Gasteiger partial charge in [-0.15, -0.1) is 13.2 Å². The fraction of sp³-hybridized carbons (Fsp3) is 0.455. The van der Waals surface area contributed by atoms with Crippen LogP contribution in [0.3, 0.4) is 0 Å². The molecule has 0 aliphatic carbocycles. The summed E-state index contributed by atoms with van der Waals surface area (Å²) in [6, 6.07) is 6.05. The highest BCUT2D eigenvalue weighted by molar-refractivity contribution is 5.66. The van der Waals surface area contributed by atoms with E-state index >= 15 is 0 Å². The van der Waals surface area contributed by atoms with Crippen LogP contribution in [0.4, 0.5) is 32.0 Å². The number of nitrogens with zero attached hydrogens (tertiary/aromatic N) is 3. The van der Waals surface area contributed by atoms with Gasteiger partial charge in [-0.25, -0.2) is 13.2 Å². The monoisotopic (exact) mass is 507 g/mol. The Morgan fingerprint density at radius 1 is 1.11 bits per heavy atom. The second-order valence-electron chi connectivity index (χ2n) is 7.84. The number of aliphatic carboxylic acids is 1. The third kappa shape index (κ3) is 7.91. The molecule has 1 aliphatic rings. The third-order valence-corrected chi connectivity index (χ3v) is 5.37. The van der Waals surface area contributed by atoms with Gasteiger partial charge in [-0.05, 0) is 24.1 Å². The molecule has 7 nitrogen and oxygen atoms in total. The molecular weight excluding hydrogens is 484 g/mol. The van der Waals surface area contributed by atoms with Crippen LogP contribution in [0.15, 0.2) is 42.7 Å². The summed E-state index contributed by atoms with van der Waals surface area (Å²) in [7, 11) is 0. The summed E-state index contributed by atoms with van der Waals surface area (Å²) >= 11 is 0. The van der Waals surface area contributed by atoms with Gasteiger partial charge < -0.3 is 19.5 Å². The summed E-state index contributed by atoms with van der Waals surface area (Å²) in [5.74, 6) is -1.12. The zero-order chi connectivity index (χ0) is 25.6. The molecule has 13 heteroatoms. The van der Waals surface area contributed by atoms with Crippen molar-refractivity contribution in [2.45, 2.75) is 44.6 Å². The maximum Gasteiger partial charge on any atom is 0.573 e. The van der Waals surface area contributed by atoms with Crippen LogP contribution in [-0.4, -0.2) is 65.7 Å². The molecule has 3 rings (SSSR count). The minimum Gasteiger partial charge on any atom is -0.487 e. The Morgan fingerprint density at radius 3 is 2.46 bits per heavy atom. The number of pyridine rings is 1. The van der Waals surface area contributed by atoms with Gasteiger partial charge in [0.1, 0.15) is 18.1 Å². The highest BCUT2D eigenvalue weighted by Gasteiger charge is 2.37. The molecule has 1 saturated heterocycles. The highest BCUT2D eigenvalue weighted by atomic mass is 19.4. The van der Waals surface area contributed by atoms with Gasteiger partial charge in [-0.1, -0.05) is 12.1 Å². The number of ether oxygens (including phenoxy) is 2. The first-order valence-corrected chi connectivity index (χ1v) is 10.6. The summed E-state index contributed by atoms with van der Waals surface area (Å²) in [6.45, 7) is 0.326. The zero-order valence-corrected chi connectivity index (χ0v) is 18.3. The quantitative estimate of drug-likeness (QED) is 0.376. The fourth-order valence-electron chi connectivity index (χ4n) is 3.73. The molecule has 1 aliphatic heterocycles. The first-order chi connectivity index (χ1) is 16.5. The molecule has 0 bridgehead atoms. The van der Waals surface area contributed by atoms with E-state index in [0.29, 0.717) is 17.0 Å². The molecule has 1 N–H and O–H groups in total. The Morgan fingerprint density at radius 2 is 1.83 bits per heavy atom. The minimum absolute atomic E-state index is 0.00333. The van der Waals surface area contributed by atoms with E-state index in [1.165, 1.54) is 24.5 Å². The molecule has 35 heavy (non-hydrogen) atoms. The topological polar surface area (TPSA) is 75.1 Å². The summed E-state index contributed by atoms with van der Waals surface area (Å²) in [5, 5.41) is 8.96. The number of carbonyl (C=O) groups is 1. The van der Waals surface area contributed by atoms with Gasteiger partial charge >= 0.3 is 12.3 Å². The summed E-state index contributed by atoms with van der Waals surface area (Å²) in [4.78, 5) is 17.8. The van der Waals surface area contributed by atoms with E-state index in [-0.39, 0.29) is 44.8 Å². The van der Waals surface area contributed by atoms with E-state index in [0.717, 1.165) is 17.0 Å². The second kappa shape index (κ2) is 11.5. The van der Waals surface area contributed by atoms with Crippen LogP contribution < -0.4 is 14.4 Å². The van der Waals surface area contributed by atoms with Crippen molar-refractivity contribution in [2.24, 2.45) is 0 Å². The van der Waals surface area contributed by atoms with Crippen molar-refractivity contribution in [3.8, 4) is 11.5 Å². The number of hydrogen-bond donors (Lipinski definition) is 1. The lowest BCUT2D eigenvalue weighted by Gasteiger charge is -2.43. The fourth-order valence-corrected chi connectivity index (χ4v) is 3.73. The maximum atomic E-state index is 14.1. The Labute approximate surface area is 196 Å². The van der Waals surface area contributed by atoms with Gasteiger partial charge in [0, 0.05) is 38.2 Å². The largest absolute Gasteiger partial charge is 0.573 e. The van der Waals surface area contributed by atoms with Crippen LogP contribution >= 0.6 is 0 Å². The lowest BCUT2D eigenvalue weighted by atomic mass is 10.1. The Kier molecular flexibility index (Phi) is 8.65. The van der Waals surface area contributed by atoms with Crippen molar-refractivity contribution >= 4 is 11.7 Å². The van der Waals surface area contributed by atoms with Crippen molar-refractivity contribution in [1.82, 2.24) is 9.88 Å². The second-order valence-corrected chi connectivity index (χ2v) is 7.84. The van der Waals surface area contributed by atoms with Crippen LogP contribution in [0.2, 0.25) is 0 Å². The van der Waals surface area contributed by atoms with E-state index in [2.05, 4.69) is 9.72 Å². The van der Waals surface area contributed by atoms with Crippen LogP contribution in [0, 0.1) is 0 Å². The number of carboxylic acids is 1. The minimum atomic E-state index is -4.78. The molecule has 0 saturated carbocycles. The van der Waals surface area contributed by atoms with Crippen molar-refractivity contribution in [1.29, 1.82) is 0 Å². The maximum absolute atomic E-state index is 14.1. The number of alkyl halides is 6. The number of rotatable bonds is 10. The Bertz CT molecular complexity index is 976. The number of benzene rings is 1. The lowest BCUT2D eigenvalue weighted by Crippen LogP contribution is -2.57. The van der Waals surface area contributed by atoms with Gasteiger partial charge in [0.2, 0.25) is 6.30 Å². The predicted octanol–water partition coefficient (Wildman–Crippen LogP) is 4.48. The average molecular weight is 507 g/mol. The van der Waals surface area contributed by atoms with E-state index in [1.807, 2.05) is 0 Å². The van der Waals surface area contributed by atoms with E-state index in [4.69, 9.17) is 9.84 Å². The van der Waals surface area contributed by atoms with Crippen LogP contribution in [0.25, 0.3) is 0 Å². The molecule has 2 atom stereocenters. The summed E-state index contributed by atoms with van der Waals surface area (Å²) < 4.78 is 86.2. The standard InChI is InChI=1S/C22H23F6N3O4/c23-20(24)21(25)31-8-7-30(12-15(31)3-6-19(32)33)16-9-18(11-29-10-16)34-13-14-1-4-17(5-2-14)35-22(26,27)28/h1-2,4-5,9-11,15,20-21H,3,6-8,12-13H2,(H,32,33). The van der Waals surface area contributed by atoms with Crippen LogP contribution in [-0.2, 0) is 11.4 Å². The van der Waals surface area contributed by atoms with Crippen molar-refractivity contribution in [3.63, 3.8) is 0 Å². The predicted molar refractivity (Wildman–Crippen MR) is 112 cm³/mol. The normalized spacial score (nSPS) is 17.9. The summed E-state index contributed by atoms with van der Waals surface area (Å²) in [6.07, 6.45) is -7.84. The zero-order valence-electron chi connectivity index (χ0n) is 18.3. The third-order valence-electron chi connectivity index (χ3n) is 5.37. The number of piperazine rings is 1. The van der Waals surface area contributed by atoms with E-state index in [1.54, 1.807) is 11.0 Å². The number of anilines is 1. The molecule has 0 amide bonds. The van der Waals surface area contributed by atoms with Crippen molar-refractivity contribution < 1.29 is 45.7 Å². The Balaban J connectivity index is 1.63. The highest BCUT2D eigenvalue weighted by Crippen LogP contribution is 2.28. The molecule has 0 spiro atoms. The van der Waals surface area contributed by atoms with Gasteiger partial charge in [-0.3, -0.25) is 14.7 Å². The SMILES string of the molecule is O=C(O)CCC1CN(c2cncc(OCc3ccc(OC(F)(F)F)cc3)c2)CCN1C(F)C(F)F.